The molecule has 0 saturated carbocycles. The average Bonchev–Trinajstić information content (AvgIpc) is 2.56. The highest BCUT2D eigenvalue weighted by Crippen LogP contribution is 2.12. The molecule has 0 aromatic carbocycles. The van der Waals surface area contributed by atoms with Crippen molar-refractivity contribution in [2.45, 2.75) is 103 Å². The number of pyridine rings is 1. The van der Waals surface area contributed by atoms with Gasteiger partial charge in [-0.3, -0.25) is 0 Å². The summed E-state index contributed by atoms with van der Waals surface area (Å²) in [7, 11) is 0. The molecule has 2 nitrogen and oxygen atoms in total. The standard InChI is InChI=1S/C21H38N.BrH.H3N/c1-2-3-4-5-6-7-8-9-10-11-12-13-14-16-19-22-20-17-15-18-21-22;;/h15,17-18,20-21H,2-14,16,19H2,1H3;1H;1H3/q+1;;. The Balaban J connectivity index is 0. The second-order valence-corrected chi connectivity index (χ2v) is 6.71. The normalized spacial score (nSPS) is 10.0. The Bertz CT molecular complexity index is 330. The van der Waals surface area contributed by atoms with Gasteiger partial charge in [-0.2, -0.15) is 0 Å². The van der Waals surface area contributed by atoms with Crippen LogP contribution in [0.25, 0.3) is 0 Å². The zero-order valence-electron chi connectivity index (χ0n) is 16.1. The molecule has 0 aliphatic carbocycles. The van der Waals surface area contributed by atoms with Crippen molar-refractivity contribution in [3.05, 3.63) is 30.6 Å². The van der Waals surface area contributed by atoms with Gasteiger partial charge >= 0.3 is 0 Å². The van der Waals surface area contributed by atoms with E-state index in [1.807, 2.05) is 0 Å². The van der Waals surface area contributed by atoms with Crippen LogP contribution in [-0.2, 0) is 6.54 Å². The quantitative estimate of drug-likeness (QED) is 0.245. The van der Waals surface area contributed by atoms with Crippen molar-refractivity contribution in [1.82, 2.24) is 6.15 Å². The minimum absolute atomic E-state index is 0. The van der Waals surface area contributed by atoms with Crippen LogP contribution in [0.15, 0.2) is 30.6 Å². The lowest BCUT2D eigenvalue weighted by Gasteiger charge is -2.02. The predicted octanol–water partition coefficient (Wildman–Crippen LogP) is 7.20. The van der Waals surface area contributed by atoms with Crippen molar-refractivity contribution in [3.63, 3.8) is 0 Å². The van der Waals surface area contributed by atoms with Gasteiger partial charge in [0, 0.05) is 18.6 Å². The average molecular weight is 402 g/mol. The summed E-state index contributed by atoms with van der Waals surface area (Å²) in [6.07, 6.45) is 24.4. The largest absolute Gasteiger partial charge is 0.344 e. The number of hydrogen-bond donors (Lipinski definition) is 1. The minimum Gasteiger partial charge on any atom is -0.344 e. The van der Waals surface area contributed by atoms with Crippen LogP contribution >= 0.6 is 17.0 Å². The lowest BCUT2D eigenvalue weighted by atomic mass is 10.0. The van der Waals surface area contributed by atoms with Crippen LogP contribution in [0.4, 0.5) is 0 Å². The van der Waals surface area contributed by atoms with Gasteiger partial charge < -0.3 is 6.15 Å². The Labute approximate surface area is 161 Å². The summed E-state index contributed by atoms with van der Waals surface area (Å²) in [6, 6.07) is 6.31. The highest BCUT2D eigenvalue weighted by atomic mass is 79.9. The van der Waals surface area contributed by atoms with E-state index in [9.17, 15) is 0 Å². The van der Waals surface area contributed by atoms with Crippen molar-refractivity contribution in [2.75, 3.05) is 0 Å². The maximum absolute atomic E-state index is 2.29. The lowest BCUT2D eigenvalue weighted by Crippen LogP contribution is -2.32. The van der Waals surface area contributed by atoms with Gasteiger partial charge in [0.05, 0.1) is 0 Å². The van der Waals surface area contributed by atoms with E-state index in [-0.39, 0.29) is 23.1 Å². The topological polar surface area (TPSA) is 38.9 Å². The molecule has 1 rings (SSSR count). The summed E-state index contributed by atoms with van der Waals surface area (Å²) in [5.74, 6) is 0. The fourth-order valence-electron chi connectivity index (χ4n) is 3.07. The molecule has 0 unspecified atom stereocenters. The number of aromatic nitrogens is 1. The molecule has 0 aliphatic heterocycles. The monoisotopic (exact) mass is 401 g/mol. The van der Waals surface area contributed by atoms with Crippen LogP contribution in [0.3, 0.4) is 0 Å². The first-order chi connectivity index (χ1) is 10.9. The first kappa shape index (κ1) is 25.8. The first-order valence-electron chi connectivity index (χ1n) is 9.87. The van der Waals surface area contributed by atoms with Crippen molar-refractivity contribution in [3.8, 4) is 0 Å². The molecule has 3 N–H and O–H groups in total. The number of aryl methyl sites for hydroxylation is 1. The van der Waals surface area contributed by atoms with E-state index in [4.69, 9.17) is 0 Å². The number of rotatable bonds is 15. The SMILES string of the molecule is Br.CCCCCCCCCCCCCCCC[n+]1ccccc1.N. The third kappa shape index (κ3) is 16.4. The van der Waals surface area contributed by atoms with Gasteiger partial charge in [-0.15, -0.1) is 17.0 Å². The van der Waals surface area contributed by atoms with Crippen LogP contribution in [0.2, 0.25) is 0 Å². The second kappa shape index (κ2) is 20.6. The Hall–Kier alpha value is -0.410. The third-order valence-corrected chi connectivity index (χ3v) is 4.55. The predicted molar refractivity (Wildman–Crippen MR) is 112 cm³/mol. The molecule has 0 bridgehead atoms. The highest BCUT2D eigenvalue weighted by Gasteiger charge is 1.98. The maximum Gasteiger partial charge on any atom is 0.168 e. The molecule has 1 aromatic heterocycles. The number of halogens is 1. The van der Waals surface area contributed by atoms with Crippen LogP contribution in [0.1, 0.15) is 96.8 Å². The highest BCUT2D eigenvalue weighted by molar-refractivity contribution is 8.93. The molecule has 0 atom stereocenters. The van der Waals surface area contributed by atoms with Gasteiger partial charge in [-0.1, -0.05) is 90.0 Å². The van der Waals surface area contributed by atoms with Crippen molar-refractivity contribution in [1.29, 1.82) is 0 Å². The van der Waals surface area contributed by atoms with Crippen LogP contribution in [0, 0.1) is 0 Å². The number of nitrogens with zero attached hydrogens (tertiary/aromatic N) is 1. The Morgan fingerprint density at radius 1 is 0.542 bits per heavy atom. The molecule has 0 saturated heterocycles. The summed E-state index contributed by atoms with van der Waals surface area (Å²) < 4.78 is 2.29. The molecule has 3 heteroatoms. The lowest BCUT2D eigenvalue weighted by molar-refractivity contribution is -0.697. The molecule has 0 amide bonds. The minimum atomic E-state index is 0. The first-order valence-corrected chi connectivity index (χ1v) is 9.87. The third-order valence-electron chi connectivity index (χ3n) is 4.55. The molecule has 0 fully saturated rings. The molecular weight excluding hydrogens is 360 g/mol. The molecule has 1 heterocycles. The number of hydrogen-bond acceptors (Lipinski definition) is 1. The fraction of sp³-hybridized carbons (Fsp3) is 0.762. The Morgan fingerprint density at radius 2 is 0.917 bits per heavy atom. The molecule has 0 radical (unpaired) electrons. The zero-order chi connectivity index (χ0) is 15.7. The van der Waals surface area contributed by atoms with Gasteiger partial charge in [0.1, 0.15) is 6.54 Å². The summed E-state index contributed by atoms with van der Waals surface area (Å²) in [5.41, 5.74) is 0. The molecule has 0 spiro atoms. The zero-order valence-corrected chi connectivity index (χ0v) is 17.8. The summed E-state index contributed by atoms with van der Waals surface area (Å²) >= 11 is 0. The Kier molecular flexibility index (Phi) is 22.2. The molecule has 0 aliphatic rings. The van der Waals surface area contributed by atoms with E-state index in [2.05, 4.69) is 42.1 Å². The van der Waals surface area contributed by atoms with E-state index >= 15 is 0 Å². The maximum atomic E-state index is 2.29. The molecule has 142 valence electrons. The van der Waals surface area contributed by atoms with Crippen LogP contribution in [0.5, 0.6) is 0 Å². The molecule has 1 aromatic rings. The molecule has 24 heavy (non-hydrogen) atoms. The van der Waals surface area contributed by atoms with E-state index in [0.29, 0.717) is 0 Å². The van der Waals surface area contributed by atoms with Gasteiger partial charge in [0.2, 0.25) is 0 Å². The van der Waals surface area contributed by atoms with Gasteiger partial charge in [0.25, 0.3) is 0 Å². The van der Waals surface area contributed by atoms with Crippen molar-refractivity contribution < 1.29 is 4.57 Å². The van der Waals surface area contributed by atoms with Crippen LogP contribution < -0.4 is 10.7 Å². The smallest absolute Gasteiger partial charge is 0.168 e. The van der Waals surface area contributed by atoms with Crippen molar-refractivity contribution >= 4 is 17.0 Å². The Morgan fingerprint density at radius 3 is 1.33 bits per heavy atom. The second-order valence-electron chi connectivity index (χ2n) is 6.71. The summed E-state index contributed by atoms with van der Waals surface area (Å²) in [6.45, 7) is 3.47. The summed E-state index contributed by atoms with van der Waals surface area (Å²) in [5, 5.41) is 0. The van der Waals surface area contributed by atoms with E-state index in [1.165, 1.54) is 96.4 Å². The van der Waals surface area contributed by atoms with Gasteiger partial charge in [-0.25, -0.2) is 4.57 Å². The van der Waals surface area contributed by atoms with E-state index in [0.717, 1.165) is 0 Å². The summed E-state index contributed by atoms with van der Waals surface area (Å²) in [4.78, 5) is 0. The number of unbranched alkanes of at least 4 members (excludes halogenated alkanes) is 13. The van der Waals surface area contributed by atoms with Crippen LogP contribution in [-0.4, -0.2) is 0 Å². The van der Waals surface area contributed by atoms with E-state index in [1.54, 1.807) is 0 Å². The van der Waals surface area contributed by atoms with Gasteiger partial charge in [-0.05, 0) is 6.42 Å². The van der Waals surface area contributed by atoms with E-state index < -0.39 is 0 Å². The fourth-order valence-corrected chi connectivity index (χ4v) is 3.07. The van der Waals surface area contributed by atoms with Gasteiger partial charge in [0.15, 0.2) is 12.4 Å². The van der Waals surface area contributed by atoms with Crippen molar-refractivity contribution in [2.24, 2.45) is 0 Å². The molecular formula is C21H42BrN2+.